The zero-order valence-electron chi connectivity index (χ0n) is 21.5. The van der Waals surface area contributed by atoms with Crippen molar-refractivity contribution in [1.29, 1.82) is 0 Å². The van der Waals surface area contributed by atoms with Gasteiger partial charge < -0.3 is 15.6 Å². The van der Waals surface area contributed by atoms with Gasteiger partial charge in [-0.25, -0.2) is 14.6 Å². The number of hydrogen-bond acceptors (Lipinski definition) is 6. The Balaban J connectivity index is 0.00000280. The number of hydrogen-bond donors (Lipinski definition) is 1. The van der Waals surface area contributed by atoms with Gasteiger partial charge >= 0.3 is 0 Å². The summed E-state index contributed by atoms with van der Waals surface area (Å²) in [6.45, 7) is 6.48. The van der Waals surface area contributed by atoms with E-state index in [2.05, 4.69) is 70.8 Å². The molecule has 8 heteroatoms. The molecule has 5 aromatic rings. The van der Waals surface area contributed by atoms with E-state index in [0.717, 1.165) is 75.9 Å². The third-order valence-corrected chi connectivity index (χ3v) is 7.54. The first-order valence-corrected chi connectivity index (χ1v) is 12.6. The van der Waals surface area contributed by atoms with E-state index in [4.69, 9.17) is 15.8 Å². The predicted octanol–water partition coefficient (Wildman–Crippen LogP) is 5.30. The van der Waals surface area contributed by atoms with Gasteiger partial charge in [0.05, 0.1) is 11.4 Å². The Morgan fingerprint density at radius 2 is 1.89 bits per heavy atom. The second-order valence-corrected chi connectivity index (χ2v) is 9.88. The molecule has 1 aliphatic rings. The number of nitrogen functional groups attached to an aromatic ring is 1. The second-order valence-electron chi connectivity index (χ2n) is 9.88. The minimum absolute atomic E-state index is 0. The summed E-state index contributed by atoms with van der Waals surface area (Å²) in [4.78, 5) is 16.3. The van der Waals surface area contributed by atoms with Crippen LogP contribution < -0.4 is 5.73 Å². The molecule has 2 aromatic carbocycles. The van der Waals surface area contributed by atoms with Crippen LogP contribution in [0.2, 0.25) is 0 Å². The average molecular weight is 566 g/mol. The fourth-order valence-electron chi connectivity index (χ4n) is 5.33. The van der Waals surface area contributed by atoms with E-state index in [9.17, 15) is 0 Å². The predicted molar refractivity (Wildman–Crippen MR) is 144 cm³/mol. The zero-order chi connectivity index (χ0) is 24.8. The molecule has 0 spiro atoms. The van der Waals surface area contributed by atoms with Crippen LogP contribution >= 0.6 is 0 Å². The van der Waals surface area contributed by atoms with E-state index in [1.165, 1.54) is 6.33 Å². The maximum absolute atomic E-state index is 6.41. The monoisotopic (exact) mass is 565 g/mol. The summed E-state index contributed by atoms with van der Waals surface area (Å²) in [7, 11) is 2.18. The number of aromatic nitrogens is 5. The van der Waals surface area contributed by atoms with Crippen LogP contribution in [0.15, 0.2) is 54.9 Å². The number of aryl methyl sites for hydroxylation is 1. The largest absolute Gasteiger partial charge is 0.383 e. The van der Waals surface area contributed by atoms with Crippen molar-refractivity contribution in [2.24, 2.45) is 5.92 Å². The second kappa shape index (κ2) is 10.6. The Morgan fingerprint density at radius 3 is 2.65 bits per heavy atom. The van der Waals surface area contributed by atoms with E-state index in [1.54, 1.807) is 0 Å². The fraction of sp³-hybridized carbons (Fsp3) is 0.310. The van der Waals surface area contributed by atoms with Crippen molar-refractivity contribution >= 4 is 27.8 Å². The first kappa shape index (κ1) is 25.9. The smallest absolute Gasteiger partial charge is 0.164 e. The van der Waals surface area contributed by atoms with Gasteiger partial charge in [0.1, 0.15) is 17.8 Å². The Kier molecular flexibility index (Phi) is 7.39. The number of rotatable bonds is 6. The van der Waals surface area contributed by atoms with Crippen molar-refractivity contribution in [2.45, 2.75) is 32.7 Å². The third-order valence-electron chi connectivity index (χ3n) is 7.54. The van der Waals surface area contributed by atoms with Crippen LogP contribution in [0.5, 0.6) is 0 Å². The molecule has 1 fully saturated rings. The maximum Gasteiger partial charge on any atom is 0.164 e. The van der Waals surface area contributed by atoms with Gasteiger partial charge in [0.15, 0.2) is 5.65 Å². The Bertz CT molecular complexity index is 1560. The number of nitrogens with two attached hydrogens (primary N) is 1. The Morgan fingerprint density at radius 1 is 1.11 bits per heavy atom. The molecule has 6 rings (SSSR count). The topological polar surface area (TPSA) is 85.8 Å². The van der Waals surface area contributed by atoms with Crippen LogP contribution in [0.1, 0.15) is 31.4 Å². The van der Waals surface area contributed by atoms with Crippen LogP contribution in [0.4, 0.5) is 5.82 Å². The van der Waals surface area contributed by atoms with E-state index in [0.29, 0.717) is 17.8 Å². The molecule has 0 atom stereocenters. The molecule has 1 radical (unpaired) electrons. The fourth-order valence-corrected chi connectivity index (χ4v) is 5.33. The first-order chi connectivity index (χ1) is 17.5. The molecule has 3 heterocycles. The molecule has 0 saturated heterocycles. The molecule has 37 heavy (non-hydrogen) atoms. The third kappa shape index (κ3) is 4.69. The molecular weight excluding hydrogens is 535 g/mol. The van der Waals surface area contributed by atoms with E-state index < -0.39 is 0 Å². The van der Waals surface area contributed by atoms with Crippen molar-refractivity contribution in [2.75, 3.05) is 25.9 Å². The molecule has 185 valence electrons. The Hall–Kier alpha value is -2.74. The van der Waals surface area contributed by atoms with Crippen LogP contribution in [-0.2, 0) is 32.7 Å². The number of fused-ring (bicyclic) bond motifs is 2. The van der Waals surface area contributed by atoms with E-state index >= 15 is 0 Å². The van der Waals surface area contributed by atoms with Crippen molar-refractivity contribution in [1.82, 2.24) is 29.6 Å². The first-order valence-electron chi connectivity index (χ1n) is 12.6. The van der Waals surface area contributed by atoms with Crippen LogP contribution in [0.3, 0.4) is 0 Å². The van der Waals surface area contributed by atoms with Crippen LogP contribution in [-0.4, -0.2) is 49.8 Å². The Labute approximate surface area is 242 Å². The van der Waals surface area contributed by atoms with Gasteiger partial charge in [0, 0.05) is 39.3 Å². The van der Waals surface area contributed by atoms with Gasteiger partial charge in [-0.05, 0) is 61.6 Å². The van der Waals surface area contributed by atoms with Crippen LogP contribution in [0, 0.1) is 18.9 Å². The maximum atomic E-state index is 6.41. The van der Waals surface area contributed by atoms with Crippen molar-refractivity contribution in [3.05, 3.63) is 66.5 Å². The summed E-state index contributed by atoms with van der Waals surface area (Å²) in [5.41, 5.74) is 13.0. The minimum atomic E-state index is 0. The van der Waals surface area contributed by atoms with Crippen molar-refractivity contribution < 1.29 is 32.7 Å². The number of benzene rings is 2. The standard InChI is InChI=1S/C29H30N7.Y/c1-4-35(3)16-19-14-22(15-19)36-29-25(28(30)31-17-32-29)27(34-36)23-12-10-21-11-13-24(33-26(21)18(23)2)20-8-6-5-7-9-20;/h5-10,12-13,17,19,22H,4,14-16H2,1-3H3,(H2,30,31,32);/q-1;. The molecule has 7 nitrogen and oxygen atoms in total. The molecule has 2 N–H and O–H groups in total. The van der Waals surface area contributed by atoms with Gasteiger partial charge in [-0.3, -0.25) is 0 Å². The summed E-state index contributed by atoms with van der Waals surface area (Å²) in [5.74, 6) is 1.14. The molecular formula is C29H30N7Y-. The van der Waals surface area contributed by atoms with Gasteiger partial charge in [-0.1, -0.05) is 48.9 Å². The quantitative estimate of drug-likeness (QED) is 0.282. The minimum Gasteiger partial charge on any atom is -0.383 e. The molecule has 3 aromatic heterocycles. The molecule has 0 unspecified atom stereocenters. The number of nitrogens with zero attached hydrogens (tertiary/aromatic N) is 6. The molecule has 0 bridgehead atoms. The van der Waals surface area contributed by atoms with Gasteiger partial charge in [-0.2, -0.15) is 5.10 Å². The average Bonchev–Trinajstić information content (AvgIpc) is 3.26. The SMILES string of the molecule is CCN(C)CC1CC(n2nc(-c3ccc4[c-]cc(-c5ccccc5)nc4c3C)c3c(N)ncnc32)C1.[Y]. The van der Waals surface area contributed by atoms with E-state index in [-0.39, 0.29) is 32.7 Å². The number of anilines is 1. The molecule has 1 aliphatic carbocycles. The van der Waals surface area contributed by atoms with Gasteiger partial charge in [0.2, 0.25) is 0 Å². The zero-order valence-corrected chi connectivity index (χ0v) is 24.4. The van der Waals surface area contributed by atoms with Crippen LogP contribution in [0.25, 0.3) is 44.5 Å². The van der Waals surface area contributed by atoms with Gasteiger partial charge in [-0.15, -0.1) is 23.6 Å². The number of pyridine rings is 1. The summed E-state index contributed by atoms with van der Waals surface area (Å²) in [6.07, 6.45) is 3.73. The normalized spacial score (nSPS) is 17.2. The molecule has 0 amide bonds. The molecule has 0 aliphatic heterocycles. The summed E-state index contributed by atoms with van der Waals surface area (Å²) in [5, 5.41) is 6.90. The summed E-state index contributed by atoms with van der Waals surface area (Å²) in [6, 6.07) is 20.0. The van der Waals surface area contributed by atoms with Gasteiger partial charge in [0.25, 0.3) is 0 Å². The summed E-state index contributed by atoms with van der Waals surface area (Å²) >= 11 is 0. The van der Waals surface area contributed by atoms with Crippen molar-refractivity contribution in [3.63, 3.8) is 0 Å². The van der Waals surface area contributed by atoms with E-state index in [1.807, 2.05) is 24.3 Å². The van der Waals surface area contributed by atoms with Crippen molar-refractivity contribution in [3.8, 4) is 22.5 Å². The summed E-state index contributed by atoms with van der Waals surface area (Å²) < 4.78 is 2.08. The molecule has 1 saturated carbocycles.